The van der Waals surface area contributed by atoms with E-state index >= 15 is 0 Å². The number of aromatic nitrogens is 4. The van der Waals surface area contributed by atoms with E-state index in [2.05, 4.69) is 84.9 Å². The Labute approximate surface area is 296 Å². The fourth-order valence-corrected chi connectivity index (χ4v) is 7.48. The minimum Gasteiger partial charge on any atom is -0.456 e. The summed E-state index contributed by atoms with van der Waals surface area (Å²) in [6.45, 7) is 0. The Morgan fingerprint density at radius 1 is 0.308 bits per heavy atom. The maximum Gasteiger partial charge on any atom is 0.164 e. The van der Waals surface area contributed by atoms with E-state index in [1.165, 1.54) is 0 Å². The summed E-state index contributed by atoms with van der Waals surface area (Å²) in [7, 11) is 0. The molecule has 0 aliphatic heterocycles. The van der Waals surface area contributed by atoms with E-state index in [4.69, 9.17) is 28.8 Å². The molecule has 0 unspecified atom stereocenters. The van der Waals surface area contributed by atoms with Crippen molar-refractivity contribution in [2.75, 3.05) is 0 Å². The fraction of sp³-hybridized carbons (Fsp3) is 0. The van der Waals surface area contributed by atoms with E-state index < -0.39 is 0 Å². The number of fused-ring (bicyclic) bond motifs is 10. The Morgan fingerprint density at radius 3 is 1.60 bits per heavy atom. The molecule has 4 heterocycles. The summed E-state index contributed by atoms with van der Waals surface area (Å²) in [4.78, 5) is 20.1. The van der Waals surface area contributed by atoms with Gasteiger partial charge in [0.15, 0.2) is 17.5 Å². The van der Waals surface area contributed by atoms with Crippen LogP contribution in [0.5, 0.6) is 0 Å². The maximum atomic E-state index is 6.62. The second-order valence-corrected chi connectivity index (χ2v) is 13.0. The molecular weight excluding hydrogens is 641 g/mol. The zero-order chi connectivity index (χ0) is 34.2. The van der Waals surface area contributed by atoms with E-state index in [0.29, 0.717) is 17.5 Å². The van der Waals surface area contributed by atoms with Gasteiger partial charge in [0.05, 0.1) is 11.2 Å². The van der Waals surface area contributed by atoms with Crippen LogP contribution in [0.1, 0.15) is 0 Å². The second kappa shape index (κ2) is 11.2. The Bertz CT molecular complexity index is 3180. The molecule has 0 aliphatic rings. The Hall–Kier alpha value is -7.18. The average Bonchev–Trinajstić information content (AvgIpc) is 3.78. The minimum absolute atomic E-state index is 0.557. The van der Waals surface area contributed by atoms with E-state index in [1.807, 2.05) is 72.8 Å². The van der Waals surface area contributed by atoms with Gasteiger partial charge in [0.25, 0.3) is 0 Å². The topological polar surface area (TPSA) is 77.8 Å². The smallest absolute Gasteiger partial charge is 0.164 e. The molecule has 11 aromatic rings. The first kappa shape index (κ1) is 28.6. The van der Waals surface area contributed by atoms with Crippen LogP contribution >= 0.6 is 0 Å². The lowest BCUT2D eigenvalue weighted by Gasteiger charge is -2.11. The van der Waals surface area contributed by atoms with Crippen molar-refractivity contribution in [2.24, 2.45) is 0 Å². The van der Waals surface area contributed by atoms with Crippen LogP contribution in [-0.2, 0) is 0 Å². The van der Waals surface area contributed by atoms with Crippen LogP contribution in [0.25, 0.3) is 111 Å². The molecule has 11 rings (SSSR count). The molecule has 0 saturated carbocycles. The predicted molar refractivity (Wildman–Crippen MR) is 209 cm³/mol. The van der Waals surface area contributed by atoms with Crippen LogP contribution < -0.4 is 0 Å². The van der Waals surface area contributed by atoms with Gasteiger partial charge in [-0.1, -0.05) is 109 Å². The fourth-order valence-electron chi connectivity index (χ4n) is 7.48. The second-order valence-electron chi connectivity index (χ2n) is 13.0. The zero-order valence-electron chi connectivity index (χ0n) is 27.6. The van der Waals surface area contributed by atoms with Crippen molar-refractivity contribution >= 4 is 65.6 Å². The monoisotopic (exact) mass is 666 g/mol. The third-order valence-corrected chi connectivity index (χ3v) is 9.91. The van der Waals surface area contributed by atoms with Crippen molar-refractivity contribution in [1.82, 2.24) is 19.9 Å². The lowest BCUT2D eigenvalue weighted by molar-refractivity contribution is 0.669. The van der Waals surface area contributed by atoms with Gasteiger partial charge in [-0.15, -0.1) is 0 Å². The number of benzene rings is 7. The molecule has 242 valence electrons. The summed E-state index contributed by atoms with van der Waals surface area (Å²) in [5, 5.41) is 7.52. The maximum absolute atomic E-state index is 6.62. The molecule has 0 N–H and O–H groups in total. The molecule has 0 aliphatic carbocycles. The highest BCUT2D eigenvalue weighted by molar-refractivity contribution is 6.28. The standard InChI is InChI=1S/C46H26N4O2/c1-3-11-27(12-4-1)43-35-23-24-38-42(41(35)33-16-7-9-17-36(33)47-43)34-22-20-30(26-40(34)52-38)46-49-44(28-13-5-2-6-14-28)48-45(50-46)29-19-21-32-31-15-8-10-18-37(31)51-39(32)25-29/h1-26H. The molecule has 0 saturated heterocycles. The molecule has 0 bridgehead atoms. The summed E-state index contributed by atoms with van der Waals surface area (Å²) < 4.78 is 12.8. The summed E-state index contributed by atoms with van der Waals surface area (Å²) in [5.74, 6) is 1.71. The number of rotatable bonds is 4. The van der Waals surface area contributed by atoms with E-state index in [1.54, 1.807) is 0 Å². The van der Waals surface area contributed by atoms with Gasteiger partial charge in [-0.05, 0) is 48.5 Å². The van der Waals surface area contributed by atoms with Gasteiger partial charge in [-0.3, -0.25) is 0 Å². The van der Waals surface area contributed by atoms with Crippen molar-refractivity contribution in [1.29, 1.82) is 0 Å². The van der Waals surface area contributed by atoms with E-state index in [9.17, 15) is 0 Å². The minimum atomic E-state index is 0.557. The van der Waals surface area contributed by atoms with Crippen LogP contribution in [0.3, 0.4) is 0 Å². The number of para-hydroxylation sites is 2. The van der Waals surface area contributed by atoms with Crippen LogP contribution in [0.2, 0.25) is 0 Å². The third kappa shape index (κ3) is 4.44. The highest BCUT2D eigenvalue weighted by atomic mass is 16.3. The highest BCUT2D eigenvalue weighted by Crippen LogP contribution is 2.42. The average molecular weight is 667 g/mol. The molecule has 6 nitrogen and oxygen atoms in total. The van der Waals surface area contributed by atoms with Crippen molar-refractivity contribution in [3.63, 3.8) is 0 Å². The molecule has 0 radical (unpaired) electrons. The number of pyridine rings is 1. The Balaban J connectivity index is 1.12. The van der Waals surface area contributed by atoms with Gasteiger partial charge in [0.1, 0.15) is 22.3 Å². The molecule has 7 aromatic carbocycles. The molecule has 0 fully saturated rings. The first-order chi connectivity index (χ1) is 25.7. The molecule has 0 spiro atoms. The summed E-state index contributed by atoms with van der Waals surface area (Å²) in [6.07, 6.45) is 0. The molecule has 0 atom stereocenters. The summed E-state index contributed by atoms with van der Waals surface area (Å²) >= 11 is 0. The summed E-state index contributed by atoms with van der Waals surface area (Å²) in [6, 6.07) is 53.4. The first-order valence-electron chi connectivity index (χ1n) is 17.2. The molecule has 4 aromatic heterocycles. The van der Waals surface area contributed by atoms with Gasteiger partial charge in [0.2, 0.25) is 0 Å². The number of hydrogen-bond acceptors (Lipinski definition) is 6. The Morgan fingerprint density at radius 2 is 0.846 bits per heavy atom. The van der Waals surface area contributed by atoms with Crippen molar-refractivity contribution in [3.05, 3.63) is 158 Å². The van der Waals surface area contributed by atoms with Crippen molar-refractivity contribution in [2.45, 2.75) is 0 Å². The highest BCUT2D eigenvalue weighted by Gasteiger charge is 2.19. The van der Waals surface area contributed by atoms with Crippen LogP contribution in [-0.4, -0.2) is 19.9 Å². The van der Waals surface area contributed by atoms with Gasteiger partial charge < -0.3 is 8.83 Å². The normalized spacial score (nSPS) is 11.8. The number of nitrogens with zero attached hydrogens (tertiary/aromatic N) is 4. The van der Waals surface area contributed by atoms with Crippen molar-refractivity contribution < 1.29 is 8.83 Å². The molecular formula is C46H26N4O2. The predicted octanol–water partition coefficient (Wildman–Crippen LogP) is 12.0. The summed E-state index contributed by atoms with van der Waals surface area (Å²) in [5.41, 5.74) is 8.77. The third-order valence-electron chi connectivity index (χ3n) is 9.91. The van der Waals surface area contributed by atoms with Gasteiger partial charge in [-0.25, -0.2) is 19.9 Å². The van der Waals surface area contributed by atoms with Crippen LogP contribution in [0, 0.1) is 0 Å². The Kier molecular flexibility index (Phi) is 6.15. The molecule has 0 amide bonds. The lowest BCUT2D eigenvalue weighted by atomic mass is 9.96. The van der Waals surface area contributed by atoms with Crippen molar-refractivity contribution in [3.8, 4) is 45.4 Å². The van der Waals surface area contributed by atoms with Gasteiger partial charge >= 0.3 is 0 Å². The van der Waals surface area contributed by atoms with Crippen LogP contribution in [0.15, 0.2) is 167 Å². The lowest BCUT2D eigenvalue weighted by Crippen LogP contribution is -2.00. The van der Waals surface area contributed by atoms with E-state index in [0.717, 1.165) is 93.5 Å². The van der Waals surface area contributed by atoms with Gasteiger partial charge in [-0.2, -0.15) is 0 Å². The first-order valence-corrected chi connectivity index (χ1v) is 17.2. The molecule has 6 heteroatoms. The molecule has 52 heavy (non-hydrogen) atoms. The number of furan rings is 2. The van der Waals surface area contributed by atoms with Gasteiger partial charge in [0, 0.05) is 60.0 Å². The largest absolute Gasteiger partial charge is 0.456 e. The quantitative estimate of drug-likeness (QED) is 0.174. The van der Waals surface area contributed by atoms with Crippen LogP contribution in [0.4, 0.5) is 0 Å². The zero-order valence-corrected chi connectivity index (χ0v) is 27.6. The SMILES string of the molecule is c1ccc(-c2nc(-c3ccc4c(c3)oc3ccccc34)nc(-c3ccc4c(c3)oc3ccc5c(-c6ccccc6)nc6ccccc6c5c34)n2)cc1. The number of hydrogen-bond donors (Lipinski definition) is 0. The van der Waals surface area contributed by atoms with E-state index in [-0.39, 0.29) is 0 Å².